The van der Waals surface area contributed by atoms with Gasteiger partial charge >= 0.3 is 0 Å². The van der Waals surface area contributed by atoms with Crippen LogP contribution in [0.3, 0.4) is 0 Å². The van der Waals surface area contributed by atoms with Crippen molar-refractivity contribution in [2.24, 2.45) is 17.6 Å². The summed E-state index contributed by atoms with van der Waals surface area (Å²) in [5.41, 5.74) is 8.76. The zero-order valence-electron chi connectivity index (χ0n) is 11.6. The molecule has 1 heterocycles. The number of nitrogens with two attached hydrogens (primary N) is 1. The minimum absolute atomic E-state index is 0.0954. The smallest absolute Gasteiger partial charge is 0.0588 e. The Morgan fingerprint density at radius 1 is 1.32 bits per heavy atom. The Morgan fingerprint density at radius 2 is 2.11 bits per heavy atom. The molecule has 104 valence electrons. The molecule has 0 aromatic heterocycles. The predicted octanol–water partition coefficient (Wildman–Crippen LogP) is 2.30. The van der Waals surface area contributed by atoms with Gasteiger partial charge in [0.2, 0.25) is 0 Å². The number of hydrogen-bond acceptors (Lipinski definition) is 3. The van der Waals surface area contributed by atoms with Crippen LogP contribution in [0.1, 0.15) is 37.8 Å². The van der Waals surface area contributed by atoms with Gasteiger partial charge in [-0.3, -0.25) is 0 Å². The van der Waals surface area contributed by atoms with E-state index in [2.05, 4.69) is 36.1 Å². The third-order valence-corrected chi connectivity index (χ3v) is 4.94. The zero-order chi connectivity index (χ0) is 13.4. The topological polar surface area (TPSA) is 49.5 Å². The fraction of sp³-hybridized carbons (Fsp3) is 0.625. The molecule has 1 saturated carbocycles. The number of hydrogen-bond donors (Lipinski definition) is 2. The van der Waals surface area contributed by atoms with Crippen molar-refractivity contribution in [3.63, 3.8) is 0 Å². The Morgan fingerprint density at radius 3 is 2.84 bits per heavy atom. The number of fused-ring (bicyclic) bond motifs is 1. The van der Waals surface area contributed by atoms with Gasteiger partial charge in [-0.1, -0.05) is 25.1 Å². The average molecular weight is 260 g/mol. The van der Waals surface area contributed by atoms with Crippen LogP contribution in [0.5, 0.6) is 0 Å². The van der Waals surface area contributed by atoms with Crippen LogP contribution in [-0.2, 0) is 0 Å². The minimum atomic E-state index is -0.0954. The molecule has 3 unspecified atom stereocenters. The number of para-hydroxylation sites is 1. The van der Waals surface area contributed by atoms with E-state index in [4.69, 9.17) is 5.73 Å². The first-order valence-electron chi connectivity index (χ1n) is 7.48. The summed E-state index contributed by atoms with van der Waals surface area (Å²) in [6.07, 6.45) is 3.02. The van der Waals surface area contributed by atoms with Crippen molar-refractivity contribution < 1.29 is 5.11 Å². The molecule has 3 rings (SSSR count). The lowest BCUT2D eigenvalue weighted by atomic mass is 10.00. The van der Waals surface area contributed by atoms with E-state index in [1.165, 1.54) is 17.7 Å². The average Bonchev–Trinajstić information content (AvgIpc) is 3.00. The Bertz CT molecular complexity index is 448. The highest BCUT2D eigenvalue weighted by atomic mass is 16.3. The summed E-state index contributed by atoms with van der Waals surface area (Å²) in [6.45, 7) is 4.19. The second-order valence-electron chi connectivity index (χ2n) is 6.05. The Hall–Kier alpha value is -1.06. The Balaban J connectivity index is 1.84. The number of nitrogens with zero attached hydrogens (tertiary/aromatic N) is 1. The Labute approximate surface area is 115 Å². The van der Waals surface area contributed by atoms with E-state index in [9.17, 15) is 5.11 Å². The van der Waals surface area contributed by atoms with Crippen LogP contribution < -0.4 is 10.6 Å². The summed E-state index contributed by atoms with van der Waals surface area (Å²) < 4.78 is 0. The van der Waals surface area contributed by atoms with Gasteiger partial charge < -0.3 is 15.7 Å². The number of anilines is 1. The second-order valence-corrected chi connectivity index (χ2v) is 6.05. The molecule has 3 heteroatoms. The highest BCUT2D eigenvalue weighted by Crippen LogP contribution is 2.41. The lowest BCUT2D eigenvalue weighted by Gasteiger charge is -2.25. The van der Waals surface area contributed by atoms with Crippen LogP contribution in [0.4, 0.5) is 5.69 Å². The van der Waals surface area contributed by atoms with Gasteiger partial charge in [-0.05, 0) is 36.8 Å². The zero-order valence-corrected chi connectivity index (χ0v) is 11.6. The summed E-state index contributed by atoms with van der Waals surface area (Å²) in [4.78, 5) is 2.43. The molecule has 1 aliphatic heterocycles. The SMILES string of the molecule is CC[C@H](N)c1ccccc1N1CC2CCC(O)C2C1. The van der Waals surface area contributed by atoms with Gasteiger partial charge in [-0.2, -0.15) is 0 Å². The monoisotopic (exact) mass is 260 g/mol. The summed E-state index contributed by atoms with van der Waals surface area (Å²) >= 11 is 0. The normalized spacial score (nSPS) is 31.5. The largest absolute Gasteiger partial charge is 0.393 e. The van der Waals surface area contributed by atoms with Crippen LogP contribution in [0.25, 0.3) is 0 Å². The fourth-order valence-corrected chi connectivity index (χ4v) is 3.74. The molecular weight excluding hydrogens is 236 g/mol. The third kappa shape index (κ3) is 2.26. The van der Waals surface area contributed by atoms with Gasteiger partial charge in [0.1, 0.15) is 0 Å². The fourth-order valence-electron chi connectivity index (χ4n) is 3.74. The predicted molar refractivity (Wildman–Crippen MR) is 78.1 cm³/mol. The molecule has 1 aliphatic carbocycles. The summed E-state index contributed by atoms with van der Waals surface area (Å²) in [7, 11) is 0. The molecule has 2 aliphatic rings. The van der Waals surface area contributed by atoms with Crippen molar-refractivity contribution >= 4 is 5.69 Å². The molecule has 0 amide bonds. The first-order chi connectivity index (χ1) is 9.20. The summed E-state index contributed by atoms with van der Waals surface area (Å²) in [6, 6.07) is 8.60. The molecule has 0 bridgehead atoms. The quantitative estimate of drug-likeness (QED) is 0.877. The molecule has 1 aromatic carbocycles. The van der Waals surface area contributed by atoms with Crippen molar-refractivity contribution in [2.45, 2.75) is 38.3 Å². The molecule has 2 fully saturated rings. The van der Waals surface area contributed by atoms with E-state index in [-0.39, 0.29) is 12.1 Å². The highest BCUT2D eigenvalue weighted by molar-refractivity contribution is 5.56. The summed E-state index contributed by atoms with van der Waals surface area (Å²) in [5, 5.41) is 10.0. The molecular formula is C16H24N2O. The number of aliphatic hydroxyl groups is 1. The maximum Gasteiger partial charge on any atom is 0.0588 e. The van der Waals surface area contributed by atoms with Gasteiger partial charge in [0.05, 0.1) is 6.10 Å². The standard InChI is InChI=1S/C16H24N2O/c1-2-14(17)12-5-3-4-6-15(12)18-9-11-7-8-16(19)13(11)10-18/h3-6,11,13-14,16,19H,2,7-10,17H2,1H3/t11?,13?,14-,16?/m0/s1. The van der Waals surface area contributed by atoms with Crippen LogP contribution in [0, 0.1) is 11.8 Å². The van der Waals surface area contributed by atoms with Crippen molar-refractivity contribution in [3.8, 4) is 0 Å². The number of benzene rings is 1. The van der Waals surface area contributed by atoms with E-state index < -0.39 is 0 Å². The van der Waals surface area contributed by atoms with E-state index in [0.717, 1.165) is 25.9 Å². The number of rotatable bonds is 3. The maximum atomic E-state index is 10.0. The number of aliphatic hydroxyl groups excluding tert-OH is 1. The molecule has 4 atom stereocenters. The van der Waals surface area contributed by atoms with E-state index in [1.807, 2.05) is 0 Å². The lowest BCUT2D eigenvalue weighted by Crippen LogP contribution is -2.26. The molecule has 19 heavy (non-hydrogen) atoms. The van der Waals surface area contributed by atoms with Gasteiger partial charge in [-0.15, -0.1) is 0 Å². The maximum absolute atomic E-state index is 10.0. The molecule has 0 radical (unpaired) electrons. The van der Waals surface area contributed by atoms with Crippen LogP contribution >= 0.6 is 0 Å². The third-order valence-electron chi connectivity index (χ3n) is 4.94. The van der Waals surface area contributed by atoms with Crippen LogP contribution in [-0.4, -0.2) is 24.3 Å². The molecule has 3 nitrogen and oxygen atoms in total. The van der Waals surface area contributed by atoms with E-state index in [1.54, 1.807) is 0 Å². The first-order valence-corrected chi connectivity index (χ1v) is 7.48. The van der Waals surface area contributed by atoms with Crippen molar-refractivity contribution in [1.29, 1.82) is 0 Å². The molecule has 3 N–H and O–H groups in total. The Kier molecular flexibility index (Phi) is 3.50. The van der Waals surface area contributed by atoms with Crippen LogP contribution in [0.15, 0.2) is 24.3 Å². The molecule has 1 saturated heterocycles. The second kappa shape index (κ2) is 5.14. The minimum Gasteiger partial charge on any atom is -0.393 e. The van der Waals surface area contributed by atoms with Crippen molar-refractivity contribution in [3.05, 3.63) is 29.8 Å². The first kappa shape index (κ1) is 12.9. The van der Waals surface area contributed by atoms with Crippen molar-refractivity contribution in [1.82, 2.24) is 0 Å². The lowest BCUT2D eigenvalue weighted by molar-refractivity contribution is 0.133. The van der Waals surface area contributed by atoms with Crippen molar-refractivity contribution in [2.75, 3.05) is 18.0 Å². The van der Waals surface area contributed by atoms with Gasteiger partial charge in [0.15, 0.2) is 0 Å². The van der Waals surface area contributed by atoms with E-state index in [0.29, 0.717) is 11.8 Å². The molecule has 0 spiro atoms. The summed E-state index contributed by atoms with van der Waals surface area (Å²) in [5.74, 6) is 1.13. The van der Waals surface area contributed by atoms with Gasteiger partial charge in [-0.25, -0.2) is 0 Å². The highest BCUT2D eigenvalue weighted by Gasteiger charge is 2.42. The molecule has 1 aromatic rings. The van der Waals surface area contributed by atoms with E-state index >= 15 is 0 Å². The van der Waals surface area contributed by atoms with Gasteiger partial charge in [0.25, 0.3) is 0 Å². The van der Waals surface area contributed by atoms with Crippen LogP contribution in [0.2, 0.25) is 0 Å². The van der Waals surface area contributed by atoms with Gasteiger partial charge in [0, 0.05) is 30.7 Å².